The number of hydrogen-bond acceptors (Lipinski definition) is 5. The minimum absolute atomic E-state index is 0.0568. The SMILES string of the molecule is COc1ccc(C(=O)N2CCC(COc3ccc(C(C)(C)C)nn3)C2)cc1F. The number of nitrogens with zero attached hydrogens (tertiary/aromatic N) is 3. The van der Waals surface area contributed by atoms with Crippen LogP contribution in [0.1, 0.15) is 43.2 Å². The molecule has 0 aliphatic carbocycles. The van der Waals surface area contributed by atoms with Crippen molar-refractivity contribution in [3.8, 4) is 11.6 Å². The van der Waals surface area contributed by atoms with Gasteiger partial charge in [0.25, 0.3) is 5.91 Å². The summed E-state index contributed by atoms with van der Waals surface area (Å²) in [5.41, 5.74) is 1.17. The van der Waals surface area contributed by atoms with Crippen LogP contribution in [0.25, 0.3) is 0 Å². The van der Waals surface area contributed by atoms with Gasteiger partial charge in [-0.1, -0.05) is 20.8 Å². The molecule has 1 atom stereocenters. The molecule has 1 saturated heterocycles. The molecule has 1 unspecified atom stereocenters. The average molecular weight is 387 g/mol. The summed E-state index contributed by atoms with van der Waals surface area (Å²) < 4.78 is 24.5. The van der Waals surface area contributed by atoms with Gasteiger partial charge in [-0.15, -0.1) is 5.10 Å². The second kappa shape index (κ2) is 8.12. The number of hydrogen-bond donors (Lipinski definition) is 0. The molecule has 0 N–H and O–H groups in total. The minimum atomic E-state index is -0.537. The van der Waals surface area contributed by atoms with Crippen molar-refractivity contribution in [3.05, 3.63) is 47.4 Å². The zero-order chi connectivity index (χ0) is 20.3. The fraction of sp³-hybridized carbons (Fsp3) is 0.476. The normalized spacial score (nSPS) is 16.9. The molecule has 1 fully saturated rings. The molecule has 3 rings (SSSR count). The lowest BCUT2D eigenvalue weighted by Crippen LogP contribution is -2.29. The van der Waals surface area contributed by atoms with Crippen LogP contribution in [0.4, 0.5) is 4.39 Å². The monoisotopic (exact) mass is 387 g/mol. The highest BCUT2D eigenvalue weighted by Crippen LogP contribution is 2.24. The molecule has 2 heterocycles. The minimum Gasteiger partial charge on any atom is -0.494 e. The summed E-state index contributed by atoms with van der Waals surface area (Å²) in [5, 5.41) is 8.34. The molecule has 1 aliphatic rings. The molecule has 1 aromatic carbocycles. The molecule has 0 bridgehead atoms. The van der Waals surface area contributed by atoms with E-state index < -0.39 is 5.82 Å². The molecule has 0 saturated carbocycles. The first kappa shape index (κ1) is 20.0. The molecule has 7 heteroatoms. The van der Waals surface area contributed by atoms with Crippen LogP contribution in [-0.2, 0) is 5.41 Å². The molecule has 1 aromatic heterocycles. The van der Waals surface area contributed by atoms with Gasteiger partial charge in [-0.25, -0.2) is 4.39 Å². The third-order valence-electron chi connectivity index (χ3n) is 4.85. The van der Waals surface area contributed by atoms with E-state index in [9.17, 15) is 9.18 Å². The molecule has 0 spiro atoms. The van der Waals surface area contributed by atoms with E-state index in [4.69, 9.17) is 9.47 Å². The Labute approximate surface area is 164 Å². The third-order valence-corrected chi connectivity index (χ3v) is 4.85. The van der Waals surface area contributed by atoms with Crippen LogP contribution in [0, 0.1) is 11.7 Å². The molecule has 1 aliphatic heterocycles. The number of amides is 1. The van der Waals surface area contributed by atoms with Crippen molar-refractivity contribution in [1.29, 1.82) is 0 Å². The lowest BCUT2D eigenvalue weighted by atomic mass is 9.92. The Morgan fingerprint density at radius 1 is 1.25 bits per heavy atom. The van der Waals surface area contributed by atoms with E-state index in [1.807, 2.05) is 12.1 Å². The van der Waals surface area contributed by atoms with Gasteiger partial charge < -0.3 is 14.4 Å². The van der Waals surface area contributed by atoms with Gasteiger partial charge in [0.2, 0.25) is 5.88 Å². The van der Waals surface area contributed by atoms with Crippen molar-refractivity contribution in [2.24, 2.45) is 5.92 Å². The van der Waals surface area contributed by atoms with E-state index in [0.29, 0.717) is 31.1 Å². The fourth-order valence-electron chi connectivity index (χ4n) is 3.14. The second-order valence-electron chi connectivity index (χ2n) is 8.07. The number of methoxy groups -OCH3 is 1. The van der Waals surface area contributed by atoms with Crippen LogP contribution in [0.3, 0.4) is 0 Å². The number of likely N-dealkylation sites (tertiary alicyclic amines) is 1. The van der Waals surface area contributed by atoms with Crippen LogP contribution in [0.2, 0.25) is 0 Å². The van der Waals surface area contributed by atoms with Gasteiger partial charge in [0, 0.05) is 36.1 Å². The summed E-state index contributed by atoms with van der Waals surface area (Å²) in [6.07, 6.45) is 0.831. The van der Waals surface area contributed by atoms with Gasteiger partial charge in [-0.3, -0.25) is 4.79 Å². The summed E-state index contributed by atoms with van der Waals surface area (Å²) in [6.45, 7) is 7.89. The van der Waals surface area contributed by atoms with Crippen molar-refractivity contribution >= 4 is 5.91 Å². The van der Waals surface area contributed by atoms with Crippen LogP contribution >= 0.6 is 0 Å². The second-order valence-corrected chi connectivity index (χ2v) is 8.07. The van der Waals surface area contributed by atoms with Crippen molar-refractivity contribution in [2.45, 2.75) is 32.6 Å². The Bertz CT molecular complexity index is 834. The topological polar surface area (TPSA) is 64.5 Å². The quantitative estimate of drug-likeness (QED) is 0.786. The average Bonchev–Trinajstić information content (AvgIpc) is 3.14. The van der Waals surface area contributed by atoms with Gasteiger partial charge in [0.15, 0.2) is 11.6 Å². The number of halogens is 1. The summed E-state index contributed by atoms with van der Waals surface area (Å²) >= 11 is 0. The summed E-state index contributed by atoms with van der Waals surface area (Å²) in [6, 6.07) is 8.02. The number of rotatable bonds is 5. The van der Waals surface area contributed by atoms with Gasteiger partial charge in [0.05, 0.1) is 19.4 Å². The summed E-state index contributed by atoms with van der Waals surface area (Å²) in [5.74, 6) is 0.0945. The highest BCUT2D eigenvalue weighted by molar-refractivity contribution is 5.94. The standard InChI is InChI=1S/C21H26FN3O3/c1-21(2,3)18-7-8-19(24-23-18)28-13-14-9-10-25(12-14)20(26)15-5-6-17(27-4)16(22)11-15/h5-8,11,14H,9-10,12-13H2,1-4H3. The first-order valence-electron chi connectivity index (χ1n) is 9.38. The number of benzene rings is 1. The Morgan fingerprint density at radius 2 is 2.04 bits per heavy atom. The molecular formula is C21H26FN3O3. The molecule has 1 amide bonds. The number of ether oxygens (including phenoxy) is 2. The first-order valence-corrected chi connectivity index (χ1v) is 9.38. The molecule has 150 valence electrons. The Kier molecular flexibility index (Phi) is 5.82. The maximum atomic E-state index is 13.9. The maximum absolute atomic E-state index is 13.9. The molecule has 6 nitrogen and oxygen atoms in total. The zero-order valence-corrected chi connectivity index (χ0v) is 16.7. The Morgan fingerprint density at radius 3 is 2.64 bits per heavy atom. The summed E-state index contributed by atoms with van der Waals surface area (Å²) in [4.78, 5) is 14.3. The Hall–Kier alpha value is -2.70. The van der Waals surface area contributed by atoms with E-state index in [1.165, 1.54) is 19.2 Å². The number of carbonyl (C=O) groups excluding carboxylic acids is 1. The van der Waals surface area contributed by atoms with Gasteiger partial charge in [0.1, 0.15) is 0 Å². The first-order chi connectivity index (χ1) is 13.3. The maximum Gasteiger partial charge on any atom is 0.253 e. The third kappa shape index (κ3) is 4.58. The summed E-state index contributed by atoms with van der Waals surface area (Å²) in [7, 11) is 1.39. The van der Waals surface area contributed by atoms with Crippen LogP contribution in [-0.4, -0.2) is 47.8 Å². The fourth-order valence-corrected chi connectivity index (χ4v) is 3.14. The number of aromatic nitrogens is 2. The lowest BCUT2D eigenvalue weighted by molar-refractivity contribution is 0.0782. The predicted octanol–water partition coefficient (Wildman–Crippen LogP) is 3.46. The highest BCUT2D eigenvalue weighted by Gasteiger charge is 2.28. The van der Waals surface area contributed by atoms with Crippen molar-refractivity contribution in [3.63, 3.8) is 0 Å². The molecule has 28 heavy (non-hydrogen) atoms. The van der Waals surface area contributed by atoms with Crippen LogP contribution in [0.15, 0.2) is 30.3 Å². The molecular weight excluding hydrogens is 361 g/mol. The van der Waals surface area contributed by atoms with Crippen molar-refractivity contribution in [1.82, 2.24) is 15.1 Å². The van der Waals surface area contributed by atoms with Gasteiger partial charge in [-0.05, 0) is 30.7 Å². The molecule has 0 radical (unpaired) electrons. The van der Waals surface area contributed by atoms with E-state index in [1.54, 1.807) is 11.0 Å². The molecule has 2 aromatic rings. The van der Waals surface area contributed by atoms with Gasteiger partial charge >= 0.3 is 0 Å². The lowest BCUT2D eigenvalue weighted by Gasteiger charge is -2.18. The van der Waals surface area contributed by atoms with E-state index >= 15 is 0 Å². The van der Waals surface area contributed by atoms with E-state index in [0.717, 1.165) is 12.1 Å². The van der Waals surface area contributed by atoms with Gasteiger partial charge in [-0.2, -0.15) is 5.10 Å². The Balaban J connectivity index is 1.54. The van der Waals surface area contributed by atoms with Crippen LogP contribution in [0.5, 0.6) is 11.6 Å². The largest absolute Gasteiger partial charge is 0.494 e. The number of carbonyl (C=O) groups is 1. The van der Waals surface area contributed by atoms with Crippen molar-refractivity contribution < 1.29 is 18.7 Å². The van der Waals surface area contributed by atoms with Crippen LogP contribution < -0.4 is 9.47 Å². The van der Waals surface area contributed by atoms with E-state index in [-0.39, 0.29) is 23.0 Å². The van der Waals surface area contributed by atoms with E-state index in [2.05, 4.69) is 31.0 Å². The smallest absolute Gasteiger partial charge is 0.253 e. The zero-order valence-electron chi connectivity index (χ0n) is 16.7. The van der Waals surface area contributed by atoms with Crippen molar-refractivity contribution in [2.75, 3.05) is 26.8 Å². The predicted molar refractivity (Wildman–Crippen MR) is 103 cm³/mol. The highest BCUT2D eigenvalue weighted by atomic mass is 19.1.